The van der Waals surface area contributed by atoms with Gasteiger partial charge in [-0.3, -0.25) is 4.79 Å². The molecule has 2 rings (SSSR count). The number of carbonyl (C=O) groups excluding carboxylic acids is 1. The van der Waals surface area contributed by atoms with Crippen LogP contribution < -0.4 is 11.1 Å². The van der Waals surface area contributed by atoms with Crippen molar-refractivity contribution in [2.45, 2.75) is 25.8 Å². The monoisotopic (exact) mass is 261 g/mol. The van der Waals surface area contributed by atoms with Crippen molar-refractivity contribution >= 4 is 11.6 Å². The van der Waals surface area contributed by atoms with E-state index in [9.17, 15) is 4.79 Å². The van der Waals surface area contributed by atoms with Crippen molar-refractivity contribution < 1.29 is 4.79 Å². The number of amides is 1. The van der Waals surface area contributed by atoms with Crippen LogP contribution in [0.4, 0.5) is 5.69 Å². The van der Waals surface area contributed by atoms with Crippen LogP contribution in [0.1, 0.15) is 24.8 Å². The molecule has 19 heavy (non-hydrogen) atoms. The van der Waals surface area contributed by atoms with Crippen LogP contribution in [0.25, 0.3) is 0 Å². The maximum Gasteiger partial charge on any atom is 0.220 e. The lowest BCUT2D eigenvalue weighted by molar-refractivity contribution is -0.122. The van der Waals surface area contributed by atoms with Gasteiger partial charge in [0.15, 0.2) is 0 Å². The molecule has 1 fully saturated rings. The van der Waals surface area contributed by atoms with E-state index < -0.39 is 0 Å². The van der Waals surface area contributed by atoms with E-state index in [2.05, 4.69) is 17.3 Å². The normalized spacial score (nSPS) is 17.3. The lowest BCUT2D eigenvalue weighted by Crippen LogP contribution is -2.33. The van der Waals surface area contributed by atoms with E-state index in [0.29, 0.717) is 18.9 Å². The van der Waals surface area contributed by atoms with Crippen LogP contribution in [-0.4, -0.2) is 30.9 Å². The van der Waals surface area contributed by atoms with Crippen molar-refractivity contribution in [1.82, 2.24) is 10.2 Å². The third-order valence-corrected chi connectivity index (χ3v) is 3.84. The van der Waals surface area contributed by atoms with Gasteiger partial charge in [0.05, 0.1) is 0 Å². The fourth-order valence-corrected chi connectivity index (χ4v) is 2.49. The maximum atomic E-state index is 11.9. The van der Waals surface area contributed by atoms with Crippen molar-refractivity contribution in [3.05, 3.63) is 29.8 Å². The second-order valence-electron chi connectivity index (χ2n) is 5.43. The summed E-state index contributed by atoms with van der Waals surface area (Å²) < 4.78 is 0. The molecule has 3 N–H and O–H groups in total. The highest BCUT2D eigenvalue weighted by Crippen LogP contribution is 2.19. The van der Waals surface area contributed by atoms with Crippen LogP contribution >= 0.6 is 0 Å². The molecule has 1 saturated heterocycles. The Morgan fingerprint density at radius 1 is 1.37 bits per heavy atom. The van der Waals surface area contributed by atoms with Crippen molar-refractivity contribution in [2.75, 3.05) is 25.9 Å². The number of hydrogen-bond acceptors (Lipinski definition) is 3. The van der Waals surface area contributed by atoms with E-state index in [1.165, 1.54) is 0 Å². The minimum atomic E-state index is 0.137. The molecule has 1 heterocycles. The zero-order valence-electron chi connectivity index (χ0n) is 11.6. The molecule has 1 aromatic carbocycles. The van der Waals surface area contributed by atoms with E-state index in [-0.39, 0.29) is 5.91 Å². The Balaban J connectivity index is 1.74. The number of nitrogens with zero attached hydrogens (tertiary/aromatic N) is 1. The third kappa shape index (κ3) is 4.24. The number of para-hydroxylation sites is 1. The Morgan fingerprint density at radius 2 is 2.05 bits per heavy atom. The molecule has 1 aromatic rings. The minimum absolute atomic E-state index is 0.137. The van der Waals surface area contributed by atoms with E-state index in [1.807, 2.05) is 24.3 Å². The standard InChI is InChI=1S/C15H23N3O/c1-18-8-6-12(7-9-18)10-15(19)17-11-13-4-2-3-5-14(13)16/h2-5,12H,6-11,16H2,1H3,(H,17,19). The number of likely N-dealkylation sites (tertiary alicyclic amines) is 1. The number of nitrogen functional groups attached to an aromatic ring is 1. The highest BCUT2D eigenvalue weighted by atomic mass is 16.1. The molecule has 0 radical (unpaired) electrons. The highest BCUT2D eigenvalue weighted by Gasteiger charge is 2.19. The van der Waals surface area contributed by atoms with Gasteiger partial charge < -0.3 is 16.0 Å². The number of benzene rings is 1. The lowest BCUT2D eigenvalue weighted by Gasteiger charge is -2.28. The first-order valence-corrected chi connectivity index (χ1v) is 6.94. The van der Waals surface area contributed by atoms with Crippen LogP contribution in [0.2, 0.25) is 0 Å². The summed E-state index contributed by atoms with van der Waals surface area (Å²) in [6.45, 7) is 2.73. The molecular formula is C15H23N3O. The van der Waals surface area contributed by atoms with Gasteiger partial charge in [0.2, 0.25) is 5.91 Å². The van der Waals surface area contributed by atoms with Crippen LogP contribution in [0.5, 0.6) is 0 Å². The molecule has 4 heteroatoms. The Labute approximate surface area is 115 Å². The average molecular weight is 261 g/mol. The molecule has 104 valence electrons. The number of nitrogens with one attached hydrogen (secondary N) is 1. The first kappa shape index (κ1) is 13.9. The first-order chi connectivity index (χ1) is 9.15. The van der Waals surface area contributed by atoms with Gasteiger partial charge in [0.25, 0.3) is 0 Å². The number of rotatable bonds is 4. The summed E-state index contributed by atoms with van der Waals surface area (Å²) in [5, 5.41) is 2.97. The summed E-state index contributed by atoms with van der Waals surface area (Å²) in [4.78, 5) is 14.2. The van der Waals surface area contributed by atoms with Crippen LogP contribution in [0, 0.1) is 5.92 Å². The topological polar surface area (TPSA) is 58.4 Å². The van der Waals surface area contributed by atoms with E-state index in [0.717, 1.165) is 37.2 Å². The molecular weight excluding hydrogens is 238 g/mol. The minimum Gasteiger partial charge on any atom is -0.398 e. The molecule has 0 saturated carbocycles. The molecule has 0 aliphatic carbocycles. The molecule has 4 nitrogen and oxygen atoms in total. The van der Waals surface area contributed by atoms with Crippen LogP contribution in [-0.2, 0) is 11.3 Å². The molecule has 0 bridgehead atoms. The predicted molar refractivity (Wildman–Crippen MR) is 77.5 cm³/mol. The summed E-state index contributed by atoms with van der Waals surface area (Å²) in [6.07, 6.45) is 2.88. The second-order valence-corrected chi connectivity index (χ2v) is 5.43. The van der Waals surface area contributed by atoms with Crippen molar-refractivity contribution in [2.24, 2.45) is 5.92 Å². The first-order valence-electron chi connectivity index (χ1n) is 6.94. The number of nitrogens with two attached hydrogens (primary N) is 1. The number of piperidine rings is 1. The Bertz CT molecular complexity index is 425. The third-order valence-electron chi connectivity index (χ3n) is 3.84. The van der Waals surface area contributed by atoms with Gasteiger partial charge in [-0.15, -0.1) is 0 Å². The van der Waals surface area contributed by atoms with E-state index >= 15 is 0 Å². The molecule has 0 spiro atoms. The van der Waals surface area contributed by atoms with Gasteiger partial charge in [0.1, 0.15) is 0 Å². The fourth-order valence-electron chi connectivity index (χ4n) is 2.49. The summed E-state index contributed by atoms with van der Waals surface area (Å²) in [7, 11) is 2.13. The maximum absolute atomic E-state index is 11.9. The Hall–Kier alpha value is -1.55. The van der Waals surface area contributed by atoms with Crippen molar-refractivity contribution in [1.29, 1.82) is 0 Å². The van der Waals surface area contributed by atoms with E-state index in [4.69, 9.17) is 5.73 Å². The zero-order chi connectivity index (χ0) is 13.7. The fraction of sp³-hybridized carbons (Fsp3) is 0.533. The van der Waals surface area contributed by atoms with Crippen molar-refractivity contribution in [3.8, 4) is 0 Å². The molecule has 0 aromatic heterocycles. The summed E-state index contributed by atoms with van der Waals surface area (Å²) in [5.41, 5.74) is 7.57. The lowest BCUT2D eigenvalue weighted by atomic mass is 9.93. The van der Waals surface area contributed by atoms with Gasteiger partial charge in [-0.1, -0.05) is 18.2 Å². The molecule has 0 unspecified atom stereocenters. The van der Waals surface area contributed by atoms with Crippen molar-refractivity contribution in [3.63, 3.8) is 0 Å². The largest absolute Gasteiger partial charge is 0.398 e. The van der Waals surface area contributed by atoms with Gasteiger partial charge in [0, 0.05) is 18.7 Å². The smallest absolute Gasteiger partial charge is 0.220 e. The Kier molecular flexibility index (Phi) is 4.80. The van der Waals surface area contributed by atoms with Crippen LogP contribution in [0.3, 0.4) is 0 Å². The predicted octanol–water partition coefficient (Wildman–Crippen LogP) is 1.62. The second kappa shape index (κ2) is 6.57. The summed E-state index contributed by atoms with van der Waals surface area (Å²) in [6, 6.07) is 7.65. The molecule has 0 atom stereocenters. The molecule has 1 aliphatic rings. The summed E-state index contributed by atoms with van der Waals surface area (Å²) in [5.74, 6) is 0.669. The van der Waals surface area contributed by atoms with Gasteiger partial charge >= 0.3 is 0 Å². The van der Waals surface area contributed by atoms with Crippen LogP contribution in [0.15, 0.2) is 24.3 Å². The zero-order valence-corrected chi connectivity index (χ0v) is 11.6. The number of anilines is 1. The Morgan fingerprint density at radius 3 is 2.74 bits per heavy atom. The number of hydrogen-bond donors (Lipinski definition) is 2. The quantitative estimate of drug-likeness (QED) is 0.810. The average Bonchev–Trinajstić information content (AvgIpc) is 2.40. The van der Waals surface area contributed by atoms with Gasteiger partial charge in [-0.05, 0) is 50.5 Å². The van der Waals surface area contributed by atoms with E-state index in [1.54, 1.807) is 0 Å². The summed E-state index contributed by atoms with van der Waals surface area (Å²) >= 11 is 0. The van der Waals surface area contributed by atoms with Gasteiger partial charge in [-0.2, -0.15) is 0 Å². The molecule has 1 amide bonds. The highest BCUT2D eigenvalue weighted by molar-refractivity contribution is 5.76. The molecule has 1 aliphatic heterocycles. The number of carbonyl (C=O) groups is 1. The van der Waals surface area contributed by atoms with Gasteiger partial charge in [-0.25, -0.2) is 0 Å². The SMILES string of the molecule is CN1CCC(CC(=O)NCc2ccccc2N)CC1.